The van der Waals surface area contributed by atoms with Gasteiger partial charge in [0.1, 0.15) is 0 Å². The van der Waals surface area contributed by atoms with Crippen molar-refractivity contribution in [3.8, 4) is 0 Å². The molecule has 0 saturated carbocycles. The summed E-state index contributed by atoms with van der Waals surface area (Å²) in [7, 11) is 0. The Bertz CT molecular complexity index is 412. The number of aliphatic hydroxyl groups is 1. The van der Waals surface area contributed by atoms with Crippen molar-refractivity contribution < 1.29 is 9.84 Å². The van der Waals surface area contributed by atoms with E-state index in [-0.39, 0.29) is 12.2 Å². The summed E-state index contributed by atoms with van der Waals surface area (Å²) in [6.45, 7) is 7.79. The molecule has 0 aromatic heterocycles. The van der Waals surface area contributed by atoms with Crippen LogP contribution >= 0.6 is 15.9 Å². The topological polar surface area (TPSA) is 32.7 Å². The number of rotatable bonds is 2. The lowest BCUT2D eigenvalue weighted by atomic mass is 10.1. The van der Waals surface area contributed by atoms with Gasteiger partial charge in [-0.05, 0) is 38.5 Å². The smallest absolute Gasteiger partial charge is 0.0772 e. The molecule has 1 aliphatic heterocycles. The van der Waals surface area contributed by atoms with Crippen LogP contribution in [0.3, 0.4) is 0 Å². The molecule has 1 aliphatic rings. The average Bonchev–Trinajstić information content (AvgIpc) is 2.26. The van der Waals surface area contributed by atoms with Gasteiger partial charge in [-0.15, -0.1) is 0 Å². The Morgan fingerprint density at radius 3 is 2.44 bits per heavy atom. The second-order valence-electron chi connectivity index (χ2n) is 5.04. The molecule has 2 unspecified atom stereocenters. The summed E-state index contributed by atoms with van der Waals surface area (Å²) in [6.07, 6.45) is 0.0592. The van der Waals surface area contributed by atoms with Gasteiger partial charge < -0.3 is 14.7 Å². The molecule has 18 heavy (non-hydrogen) atoms. The van der Waals surface area contributed by atoms with Crippen LogP contribution in [0.1, 0.15) is 32.4 Å². The number of benzene rings is 1. The molecule has 1 saturated heterocycles. The van der Waals surface area contributed by atoms with Crippen LogP contribution in [0, 0.1) is 0 Å². The van der Waals surface area contributed by atoms with Crippen LogP contribution in [0.5, 0.6) is 0 Å². The van der Waals surface area contributed by atoms with Gasteiger partial charge in [0.15, 0.2) is 0 Å². The largest absolute Gasteiger partial charge is 0.389 e. The first-order valence-electron chi connectivity index (χ1n) is 6.35. The second kappa shape index (κ2) is 5.59. The van der Waals surface area contributed by atoms with Gasteiger partial charge in [-0.2, -0.15) is 0 Å². The van der Waals surface area contributed by atoms with Crippen molar-refractivity contribution in [2.45, 2.75) is 39.1 Å². The SMILES string of the molecule is CC1CN(c2ccc([C@H](C)O)c(Br)c2)CC(C)O1. The van der Waals surface area contributed by atoms with Crippen LogP contribution in [-0.4, -0.2) is 30.4 Å². The molecule has 1 fully saturated rings. The lowest BCUT2D eigenvalue weighted by Crippen LogP contribution is -2.45. The van der Waals surface area contributed by atoms with Crippen molar-refractivity contribution in [3.05, 3.63) is 28.2 Å². The molecule has 2 rings (SSSR count). The zero-order valence-corrected chi connectivity index (χ0v) is 12.6. The zero-order valence-electron chi connectivity index (χ0n) is 11.1. The van der Waals surface area contributed by atoms with Gasteiger partial charge in [0.05, 0.1) is 18.3 Å². The zero-order chi connectivity index (χ0) is 13.3. The predicted octanol–water partition coefficient (Wildman–Crippen LogP) is 3.12. The number of halogens is 1. The van der Waals surface area contributed by atoms with E-state index in [0.717, 1.165) is 23.1 Å². The lowest BCUT2D eigenvalue weighted by molar-refractivity contribution is -0.00522. The molecule has 1 aromatic rings. The Labute approximate surface area is 117 Å². The Kier molecular flexibility index (Phi) is 4.30. The van der Waals surface area contributed by atoms with Crippen LogP contribution in [0.25, 0.3) is 0 Å². The quantitative estimate of drug-likeness (QED) is 0.910. The lowest BCUT2D eigenvalue weighted by Gasteiger charge is -2.37. The highest BCUT2D eigenvalue weighted by molar-refractivity contribution is 9.10. The number of hydrogen-bond donors (Lipinski definition) is 1. The molecule has 0 amide bonds. The van der Waals surface area contributed by atoms with E-state index in [2.05, 4.69) is 46.8 Å². The fourth-order valence-electron chi connectivity index (χ4n) is 2.44. The maximum Gasteiger partial charge on any atom is 0.0772 e. The van der Waals surface area contributed by atoms with E-state index in [4.69, 9.17) is 4.74 Å². The standard InChI is InChI=1S/C14H20BrNO2/c1-9-7-16(8-10(2)18-9)12-4-5-13(11(3)17)14(15)6-12/h4-6,9-11,17H,7-8H2,1-3H3/t9?,10?,11-/m0/s1. The Morgan fingerprint density at radius 1 is 1.33 bits per heavy atom. The number of morpholine rings is 1. The van der Waals surface area contributed by atoms with Gasteiger partial charge in [0.2, 0.25) is 0 Å². The van der Waals surface area contributed by atoms with Crippen LogP contribution in [0.4, 0.5) is 5.69 Å². The van der Waals surface area contributed by atoms with Crippen molar-refractivity contribution in [1.29, 1.82) is 0 Å². The minimum Gasteiger partial charge on any atom is -0.389 e. The first kappa shape index (κ1) is 13.8. The van der Waals surface area contributed by atoms with E-state index in [1.807, 2.05) is 6.07 Å². The Balaban J connectivity index is 2.21. The van der Waals surface area contributed by atoms with Gasteiger partial charge in [0, 0.05) is 23.2 Å². The molecule has 1 N–H and O–H groups in total. The molecule has 100 valence electrons. The third-order valence-corrected chi connectivity index (χ3v) is 3.91. The first-order chi connectivity index (χ1) is 8.47. The monoisotopic (exact) mass is 313 g/mol. The highest BCUT2D eigenvalue weighted by Gasteiger charge is 2.22. The van der Waals surface area contributed by atoms with Gasteiger partial charge in [-0.25, -0.2) is 0 Å². The number of ether oxygens (including phenoxy) is 1. The summed E-state index contributed by atoms with van der Waals surface area (Å²) in [4.78, 5) is 2.33. The number of nitrogens with zero attached hydrogens (tertiary/aromatic N) is 1. The summed E-state index contributed by atoms with van der Waals surface area (Å²) < 4.78 is 6.70. The molecule has 3 nitrogen and oxygen atoms in total. The van der Waals surface area contributed by atoms with Crippen LogP contribution in [-0.2, 0) is 4.74 Å². The van der Waals surface area contributed by atoms with Gasteiger partial charge in [-0.1, -0.05) is 22.0 Å². The van der Waals surface area contributed by atoms with Crippen LogP contribution in [0.15, 0.2) is 22.7 Å². The number of anilines is 1. The molecule has 0 radical (unpaired) electrons. The first-order valence-corrected chi connectivity index (χ1v) is 7.14. The van der Waals surface area contributed by atoms with Crippen LogP contribution < -0.4 is 4.90 Å². The average molecular weight is 314 g/mol. The number of aliphatic hydroxyl groups excluding tert-OH is 1. The second-order valence-corrected chi connectivity index (χ2v) is 5.90. The number of hydrogen-bond acceptors (Lipinski definition) is 3. The normalized spacial score (nSPS) is 26.2. The van der Waals surface area contributed by atoms with Gasteiger partial charge >= 0.3 is 0 Å². The Morgan fingerprint density at radius 2 is 1.94 bits per heavy atom. The van der Waals surface area contributed by atoms with Gasteiger partial charge in [0.25, 0.3) is 0 Å². The van der Waals surface area contributed by atoms with Crippen molar-refractivity contribution in [1.82, 2.24) is 0 Å². The fourth-order valence-corrected chi connectivity index (χ4v) is 3.14. The highest BCUT2D eigenvalue weighted by atomic mass is 79.9. The van der Waals surface area contributed by atoms with E-state index >= 15 is 0 Å². The van der Waals surface area contributed by atoms with Crippen LogP contribution in [0.2, 0.25) is 0 Å². The summed E-state index contributed by atoms with van der Waals surface area (Å²) in [5.41, 5.74) is 2.10. The van der Waals surface area contributed by atoms with Gasteiger partial charge in [-0.3, -0.25) is 0 Å². The molecule has 3 atom stereocenters. The van der Waals surface area contributed by atoms with E-state index in [1.165, 1.54) is 5.69 Å². The maximum atomic E-state index is 9.63. The molecule has 0 bridgehead atoms. The van der Waals surface area contributed by atoms with Crippen molar-refractivity contribution in [3.63, 3.8) is 0 Å². The van der Waals surface area contributed by atoms with Crippen molar-refractivity contribution >= 4 is 21.6 Å². The minimum atomic E-state index is -0.448. The van der Waals surface area contributed by atoms with Crippen molar-refractivity contribution in [2.75, 3.05) is 18.0 Å². The fraction of sp³-hybridized carbons (Fsp3) is 0.571. The van der Waals surface area contributed by atoms with E-state index in [9.17, 15) is 5.11 Å². The molecule has 1 aromatic carbocycles. The minimum absolute atomic E-state index is 0.254. The van der Waals surface area contributed by atoms with Crippen molar-refractivity contribution in [2.24, 2.45) is 0 Å². The molecule has 0 aliphatic carbocycles. The Hall–Kier alpha value is -0.580. The highest BCUT2D eigenvalue weighted by Crippen LogP contribution is 2.29. The summed E-state index contributed by atoms with van der Waals surface area (Å²) in [6, 6.07) is 6.12. The van der Waals surface area contributed by atoms with E-state index in [1.54, 1.807) is 6.92 Å². The predicted molar refractivity (Wildman–Crippen MR) is 77.0 cm³/mol. The summed E-state index contributed by atoms with van der Waals surface area (Å²) in [5, 5.41) is 9.63. The summed E-state index contributed by atoms with van der Waals surface area (Å²) in [5.74, 6) is 0. The van der Waals surface area contributed by atoms with E-state index in [0.29, 0.717) is 0 Å². The molecule has 0 spiro atoms. The molecule has 4 heteroatoms. The third-order valence-electron chi connectivity index (χ3n) is 3.22. The maximum absolute atomic E-state index is 9.63. The third kappa shape index (κ3) is 3.05. The molecular formula is C14H20BrNO2. The summed E-state index contributed by atoms with van der Waals surface area (Å²) >= 11 is 3.53. The molecule has 1 heterocycles. The molecular weight excluding hydrogens is 294 g/mol. The van der Waals surface area contributed by atoms with E-state index < -0.39 is 6.10 Å².